The largest absolute Gasteiger partial charge is 0.492 e. The average molecular weight is 304 g/mol. The molecule has 2 aliphatic rings. The zero-order chi connectivity index (χ0) is 15.7. The zero-order valence-corrected chi connectivity index (χ0v) is 13.4. The number of fused-ring (bicyclic) bond motifs is 1. The van der Waals surface area contributed by atoms with Crippen LogP contribution in [0.1, 0.15) is 26.3 Å². The van der Waals surface area contributed by atoms with Gasteiger partial charge in [-0.3, -0.25) is 4.79 Å². The Bertz CT molecular complexity index is 573. The van der Waals surface area contributed by atoms with E-state index in [-0.39, 0.29) is 17.9 Å². The lowest BCUT2D eigenvalue weighted by atomic mass is 9.97. The van der Waals surface area contributed by atoms with Gasteiger partial charge in [0.2, 0.25) is 5.91 Å². The zero-order valence-electron chi connectivity index (χ0n) is 13.4. The number of carbonyl (C=O) groups excluding carboxylic acids is 1. The number of benzene rings is 1. The molecule has 2 heterocycles. The van der Waals surface area contributed by atoms with Crippen molar-refractivity contribution in [2.24, 2.45) is 11.8 Å². The molecule has 0 saturated carbocycles. The van der Waals surface area contributed by atoms with Crippen LogP contribution in [0.4, 0.5) is 5.69 Å². The summed E-state index contributed by atoms with van der Waals surface area (Å²) in [6.07, 6.45) is 1.06. The summed E-state index contributed by atoms with van der Waals surface area (Å²) in [6, 6.07) is 3.89. The summed E-state index contributed by atoms with van der Waals surface area (Å²) < 4.78 is 11.5. The summed E-state index contributed by atoms with van der Waals surface area (Å²) in [5.74, 6) is 1.98. The van der Waals surface area contributed by atoms with Crippen LogP contribution in [0.5, 0.6) is 11.5 Å². The number of amides is 1. The third-order valence-electron chi connectivity index (χ3n) is 4.41. The Labute approximate surface area is 131 Å². The third kappa shape index (κ3) is 2.90. The number of hydrogen-bond acceptors (Lipinski definition) is 4. The van der Waals surface area contributed by atoms with Gasteiger partial charge in [-0.25, -0.2) is 0 Å². The van der Waals surface area contributed by atoms with Crippen LogP contribution >= 0.6 is 0 Å². The molecule has 1 fully saturated rings. The molecule has 0 bridgehead atoms. The first-order valence-electron chi connectivity index (χ1n) is 8.06. The van der Waals surface area contributed by atoms with Gasteiger partial charge in [0, 0.05) is 24.6 Å². The fraction of sp³-hybridized carbons (Fsp3) is 0.588. The second kappa shape index (κ2) is 6.16. The SMILES string of the molecule is CCOc1cc2c(cc1NC(=O)[C@@H]1CNC[C@H]1C)OC(C)C2. The van der Waals surface area contributed by atoms with Gasteiger partial charge in [0.25, 0.3) is 0 Å². The Kier molecular flexibility index (Phi) is 4.25. The van der Waals surface area contributed by atoms with E-state index in [4.69, 9.17) is 9.47 Å². The number of carbonyl (C=O) groups is 1. The van der Waals surface area contributed by atoms with Crippen LogP contribution in [0.25, 0.3) is 0 Å². The molecule has 1 aromatic rings. The molecule has 1 unspecified atom stereocenters. The highest BCUT2D eigenvalue weighted by Crippen LogP contribution is 2.38. The van der Waals surface area contributed by atoms with Crippen LogP contribution in [0.15, 0.2) is 12.1 Å². The minimum Gasteiger partial charge on any atom is -0.492 e. The number of rotatable bonds is 4. The molecule has 1 saturated heterocycles. The molecule has 0 spiro atoms. The van der Waals surface area contributed by atoms with E-state index in [0.29, 0.717) is 18.2 Å². The van der Waals surface area contributed by atoms with Crippen molar-refractivity contribution in [2.75, 3.05) is 25.0 Å². The number of anilines is 1. The number of ether oxygens (including phenoxy) is 2. The molecule has 5 nitrogen and oxygen atoms in total. The average Bonchev–Trinajstić information content (AvgIpc) is 3.04. The molecular weight excluding hydrogens is 280 g/mol. The Morgan fingerprint density at radius 1 is 1.41 bits per heavy atom. The molecular formula is C17H24N2O3. The third-order valence-corrected chi connectivity index (χ3v) is 4.41. The topological polar surface area (TPSA) is 59.6 Å². The van der Waals surface area contributed by atoms with Crippen LogP contribution in [0.3, 0.4) is 0 Å². The monoisotopic (exact) mass is 304 g/mol. The Balaban J connectivity index is 1.82. The first-order chi connectivity index (χ1) is 10.6. The van der Waals surface area contributed by atoms with Crippen molar-refractivity contribution in [1.29, 1.82) is 0 Å². The van der Waals surface area contributed by atoms with Crippen molar-refractivity contribution in [1.82, 2.24) is 5.32 Å². The normalized spacial score (nSPS) is 26.4. The minimum absolute atomic E-state index is 0.00238. The molecule has 0 aliphatic carbocycles. The van der Waals surface area contributed by atoms with E-state index in [0.717, 1.165) is 36.6 Å². The number of hydrogen-bond donors (Lipinski definition) is 2. The van der Waals surface area contributed by atoms with Gasteiger partial charge in [-0.1, -0.05) is 6.92 Å². The standard InChI is InChI=1S/C17H24N2O3/c1-4-21-16-6-12-5-11(3)22-15(12)7-14(16)19-17(20)13-9-18-8-10(13)2/h6-7,10-11,13,18H,4-5,8-9H2,1-3H3,(H,19,20)/t10-,11?,13-/m1/s1. The van der Waals surface area contributed by atoms with Crippen molar-refractivity contribution >= 4 is 11.6 Å². The molecule has 3 rings (SSSR count). The Morgan fingerprint density at radius 2 is 2.23 bits per heavy atom. The lowest BCUT2D eigenvalue weighted by Gasteiger charge is -2.17. The quantitative estimate of drug-likeness (QED) is 0.895. The molecule has 5 heteroatoms. The molecule has 2 N–H and O–H groups in total. The van der Waals surface area contributed by atoms with Crippen LogP contribution in [-0.2, 0) is 11.2 Å². The smallest absolute Gasteiger partial charge is 0.229 e. The van der Waals surface area contributed by atoms with Crippen molar-refractivity contribution in [2.45, 2.75) is 33.3 Å². The van der Waals surface area contributed by atoms with Crippen LogP contribution in [0.2, 0.25) is 0 Å². The Morgan fingerprint density at radius 3 is 2.91 bits per heavy atom. The molecule has 3 atom stereocenters. The summed E-state index contributed by atoms with van der Waals surface area (Å²) >= 11 is 0. The van der Waals surface area contributed by atoms with E-state index < -0.39 is 0 Å². The summed E-state index contributed by atoms with van der Waals surface area (Å²) in [6.45, 7) is 8.28. The molecule has 1 aromatic carbocycles. The van der Waals surface area contributed by atoms with Crippen molar-refractivity contribution in [3.63, 3.8) is 0 Å². The molecule has 0 aromatic heterocycles. The maximum atomic E-state index is 12.5. The van der Waals surface area contributed by atoms with Crippen molar-refractivity contribution < 1.29 is 14.3 Å². The van der Waals surface area contributed by atoms with E-state index in [1.807, 2.05) is 26.0 Å². The highest BCUT2D eigenvalue weighted by molar-refractivity contribution is 5.95. The summed E-state index contributed by atoms with van der Waals surface area (Å²) in [5, 5.41) is 6.29. The van der Waals surface area contributed by atoms with E-state index in [1.54, 1.807) is 0 Å². The first kappa shape index (κ1) is 15.2. The summed E-state index contributed by atoms with van der Waals surface area (Å²) in [4.78, 5) is 12.5. The molecule has 120 valence electrons. The van der Waals surface area contributed by atoms with E-state index in [1.165, 1.54) is 0 Å². The lowest BCUT2D eigenvalue weighted by Crippen LogP contribution is -2.28. The van der Waals surface area contributed by atoms with Crippen molar-refractivity contribution in [3.05, 3.63) is 17.7 Å². The van der Waals surface area contributed by atoms with E-state index >= 15 is 0 Å². The second-order valence-electron chi connectivity index (χ2n) is 6.25. The van der Waals surface area contributed by atoms with E-state index in [9.17, 15) is 4.79 Å². The van der Waals surface area contributed by atoms with Crippen molar-refractivity contribution in [3.8, 4) is 11.5 Å². The van der Waals surface area contributed by atoms with Gasteiger partial charge < -0.3 is 20.1 Å². The van der Waals surface area contributed by atoms with Gasteiger partial charge in [-0.2, -0.15) is 0 Å². The fourth-order valence-electron chi connectivity index (χ4n) is 3.20. The maximum Gasteiger partial charge on any atom is 0.229 e. The van der Waals surface area contributed by atoms with Gasteiger partial charge in [-0.15, -0.1) is 0 Å². The van der Waals surface area contributed by atoms with Gasteiger partial charge in [0.05, 0.1) is 18.2 Å². The fourth-order valence-corrected chi connectivity index (χ4v) is 3.20. The van der Waals surface area contributed by atoms with Gasteiger partial charge in [0.15, 0.2) is 0 Å². The highest BCUT2D eigenvalue weighted by atomic mass is 16.5. The Hall–Kier alpha value is -1.75. The van der Waals surface area contributed by atoms with Gasteiger partial charge >= 0.3 is 0 Å². The van der Waals surface area contributed by atoms with Gasteiger partial charge in [0.1, 0.15) is 17.6 Å². The minimum atomic E-state index is 0.00238. The molecule has 2 aliphatic heterocycles. The lowest BCUT2D eigenvalue weighted by molar-refractivity contribution is -0.120. The summed E-state index contributed by atoms with van der Waals surface area (Å²) in [7, 11) is 0. The highest BCUT2D eigenvalue weighted by Gasteiger charge is 2.30. The molecule has 0 radical (unpaired) electrons. The maximum absolute atomic E-state index is 12.5. The predicted octanol–water partition coefficient (Wildman–Crippen LogP) is 2.20. The van der Waals surface area contributed by atoms with Gasteiger partial charge in [-0.05, 0) is 32.4 Å². The van der Waals surface area contributed by atoms with Crippen LogP contribution in [0, 0.1) is 11.8 Å². The first-order valence-corrected chi connectivity index (χ1v) is 8.06. The second-order valence-corrected chi connectivity index (χ2v) is 6.25. The molecule has 22 heavy (non-hydrogen) atoms. The summed E-state index contributed by atoms with van der Waals surface area (Å²) in [5.41, 5.74) is 1.85. The van der Waals surface area contributed by atoms with Crippen LogP contribution < -0.4 is 20.1 Å². The number of nitrogens with one attached hydrogen (secondary N) is 2. The predicted molar refractivity (Wildman–Crippen MR) is 85.6 cm³/mol. The van der Waals surface area contributed by atoms with E-state index in [2.05, 4.69) is 17.6 Å². The van der Waals surface area contributed by atoms with Crippen LogP contribution in [-0.4, -0.2) is 31.7 Å². The molecule has 1 amide bonds.